The third-order valence-electron chi connectivity index (χ3n) is 5.84. The maximum atomic E-state index is 14.0. The van der Waals surface area contributed by atoms with Crippen LogP contribution in [-0.2, 0) is 13.1 Å². The van der Waals surface area contributed by atoms with Crippen molar-refractivity contribution in [3.8, 4) is 0 Å². The Morgan fingerprint density at radius 3 is 2.58 bits per heavy atom. The lowest BCUT2D eigenvalue weighted by molar-refractivity contribution is 0.0761. The number of amides is 1. The molecule has 162 valence electrons. The molecule has 6 heteroatoms. The zero-order valence-electron chi connectivity index (χ0n) is 18.2. The standard InChI is InChI=1S/C25H29FN4O/c1-19-15-20(2)30(27-19)17-21-7-5-9-22(16-21)25(31)29-12-6-11-28(13-14-29)18-23-8-3-4-10-24(23)26/h3-5,7-10,15-16H,6,11-14,17-18H2,1-2H3. The van der Waals surface area contributed by atoms with Gasteiger partial charge in [0, 0.05) is 49.5 Å². The summed E-state index contributed by atoms with van der Waals surface area (Å²) in [6.45, 7) is 8.21. The van der Waals surface area contributed by atoms with Crippen LogP contribution in [0.2, 0.25) is 0 Å². The van der Waals surface area contributed by atoms with Crippen molar-refractivity contribution in [2.75, 3.05) is 26.2 Å². The molecule has 0 spiro atoms. The van der Waals surface area contributed by atoms with Gasteiger partial charge >= 0.3 is 0 Å². The van der Waals surface area contributed by atoms with Crippen LogP contribution in [0.4, 0.5) is 4.39 Å². The van der Waals surface area contributed by atoms with Crippen LogP contribution >= 0.6 is 0 Å². The molecule has 1 amide bonds. The highest BCUT2D eigenvalue weighted by atomic mass is 19.1. The zero-order chi connectivity index (χ0) is 21.8. The Labute approximate surface area is 183 Å². The maximum absolute atomic E-state index is 14.0. The van der Waals surface area contributed by atoms with Crippen LogP contribution in [0.5, 0.6) is 0 Å². The summed E-state index contributed by atoms with van der Waals surface area (Å²) in [6.07, 6.45) is 0.881. The number of carbonyl (C=O) groups excluding carboxylic acids is 1. The molecule has 5 nitrogen and oxygen atoms in total. The summed E-state index contributed by atoms with van der Waals surface area (Å²) in [5, 5.41) is 4.52. The minimum absolute atomic E-state index is 0.0583. The summed E-state index contributed by atoms with van der Waals surface area (Å²) in [5.41, 5.74) is 4.58. The van der Waals surface area contributed by atoms with Crippen LogP contribution in [0, 0.1) is 19.7 Å². The second-order valence-electron chi connectivity index (χ2n) is 8.30. The van der Waals surface area contributed by atoms with Crippen molar-refractivity contribution >= 4 is 5.91 Å². The zero-order valence-corrected chi connectivity index (χ0v) is 18.2. The third kappa shape index (κ3) is 5.20. The van der Waals surface area contributed by atoms with Crippen molar-refractivity contribution in [3.05, 3.63) is 88.5 Å². The molecule has 31 heavy (non-hydrogen) atoms. The van der Waals surface area contributed by atoms with Gasteiger partial charge in [0.25, 0.3) is 5.91 Å². The second kappa shape index (κ2) is 9.43. The molecule has 1 aliphatic rings. The van der Waals surface area contributed by atoms with Crippen LogP contribution in [0.15, 0.2) is 54.6 Å². The molecule has 0 bridgehead atoms. The van der Waals surface area contributed by atoms with E-state index in [4.69, 9.17) is 0 Å². The Kier molecular flexibility index (Phi) is 6.47. The van der Waals surface area contributed by atoms with Gasteiger partial charge in [-0.05, 0) is 50.1 Å². The van der Waals surface area contributed by atoms with Gasteiger partial charge in [-0.2, -0.15) is 5.10 Å². The van der Waals surface area contributed by atoms with E-state index in [2.05, 4.69) is 16.1 Å². The van der Waals surface area contributed by atoms with Gasteiger partial charge in [0.15, 0.2) is 0 Å². The van der Waals surface area contributed by atoms with E-state index >= 15 is 0 Å². The van der Waals surface area contributed by atoms with Crippen LogP contribution < -0.4 is 0 Å². The van der Waals surface area contributed by atoms with E-state index in [0.29, 0.717) is 37.3 Å². The fraction of sp³-hybridized carbons (Fsp3) is 0.360. The number of hydrogen-bond donors (Lipinski definition) is 0. The summed E-state index contributed by atoms with van der Waals surface area (Å²) < 4.78 is 16.0. The molecular weight excluding hydrogens is 391 g/mol. The smallest absolute Gasteiger partial charge is 0.253 e. The normalized spacial score (nSPS) is 15.1. The van der Waals surface area contributed by atoms with E-state index in [1.165, 1.54) is 6.07 Å². The second-order valence-corrected chi connectivity index (χ2v) is 8.30. The van der Waals surface area contributed by atoms with Crippen molar-refractivity contribution in [1.29, 1.82) is 0 Å². The van der Waals surface area contributed by atoms with Crippen molar-refractivity contribution in [2.45, 2.75) is 33.4 Å². The van der Waals surface area contributed by atoms with Gasteiger partial charge in [-0.15, -0.1) is 0 Å². The summed E-state index contributed by atoms with van der Waals surface area (Å²) in [7, 11) is 0. The molecule has 0 N–H and O–H groups in total. The molecule has 0 aliphatic carbocycles. The van der Waals surface area contributed by atoms with E-state index < -0.39 is 0 Å². The summed E-state index contributed by atoms with van der Waals surface area (Å²) >= 11 is 0. The molecule has 0 atom stereocenters. The van der Waals surface area contributed by atoms with Crippen LogP contribution in [0.1, 0.15) is 39.3 Å². The summed E-state index contributed by atoms with van der Waals surface area (Å²) in [4.78, 5) is 17.3. The Balaban J connectivity index is 1.40. The van der Waals surface area contributed by atoms with E-state index in [-0.39, 0.29) is 11.7 Å². The molecule has 1 saturated heterocycles. The van der Waals surface area contributed by atoms with Gasteiger partial charge in [0.2, 0.25) is 0 Å². The molecule has 1 fully saturated rings. The van der Waals surface area contributed by atoms with E-state index in [1.807, 2.05) is 59.8 Å². The minimum atomic E-state index is -0.167. The number of aromatic nitrogens is 2. The predicted octanol–water partition coefficient (Wildman–Crippen LogP) is 4.04. The number of rotatable bonds is 5. The maximum Gasteiger partial charge on any atom is 0.253 e. The minimum Gasteiger partial charge on any atom is -0.337 e. The first-order valence-corrected chi connectivity index (χ1v) is 10.8. The lowest BCUT2D eigenvalue weighted by atomic mass is 10.1. The SMILES string of the molecule is Cc1cc(C)n(Cc2cccc(C(=O)N3CCCN(Cc4ccccc4F)CC3)c2)n1. The number of benzene rings is 2. The van der Waals surface area contributed by atoms with Crippen molar-refractivity contribution in [1.82, 2.24) is 19.6 Å². The Bertz CT molecular complexity index is 1060. The number of hydrogen-bond acceptors (Lipinski definition) is 3. The lowest BCUT2D eigenvalue weighted by Gasteiger charge is -2.22. The van der Waals surface area contributed by atoms with Gasteiger partial charge in [-0.25, -0.2) is 4.39 Å². The number of nitrogens with zero attached hydrogens (tertiary/aromatic N) is 4. The van der Waals surface area contributed by atoms with Crippen molar-refractivity contribution in [3.63, 3.8) is 0 Å². The van der Waals surface area contributed by atoms with E-state index in [1.54, 1.807) is 6.07 Å². The lowest BCUT2D eigenvalue weighted by Crippen LogP contribution is -2.35. The van der Waals surface area contributed by atoms with Gasteiger partial charge in [0.05, 0.1) is 12.2 Å². The van der Waals surface area contributed by atoms with Gasteiger partial charge < -0.3 is 4.90 Å². The fourth-order valence-electron chi connectivity index (χ4n) is 4.19. The largest absolute Gasteiger partial charge is 0.337 e. The molecule has 0 saturated carbocycles. The Morgan fingerprint density at radius 1 is 0.968 bits per heavy atom. The monoisotopic (exact) mass is 420 g/mol. The molecular formula is C25H29FN4O. The average molecular weight is 421 g/mol. The molecule has 0 radical (unpaired) electrons. The van der Waals surface area contributed by atoms with Crippen LogP contribution in [0.3, 0.4) is 0 Å². The highest BCUT2D eigenvalue weighted by molar-refractivity contribution is 5.94. The first-order valence-electron chi connectivity index (χ1n) is 10.8. The predicted molar refractivity (Wildman–Crippen MR) is 119 cm³/mol. The number of aryl methyl sites for hydroxylation is 2. The van der Waals surface area contributed by atoms with Gasteiger partial charge in [-0.1, -0.05) is 30.3 Å². The molecule has 4 rings (SSSR count). The van der Waals surface area contributed by atoms with E-state index in [0.717, 1.165) is 36.5 Å². The quantitative estimate of drug-likeness (QED) is 0.626. The Morgan fingerprint density at radius 2 is 1.81 bits per heavy atom. The van der Waals surface area contributed by atoms with Gasteiger partial charge in [-0.3, -0.25) is 14.4 Å². The summed E-state index contributed by atoms with van der Waals surface area (Å²) in [6, 6.07) is 16.8. The highest BCUT2D eigenvalue weighted by Gasteiger charge is 2.21. The molecule has 3 aromatic rings. The third-order valence-corrected chi connectivity index (χ3v) is 5.84. The summed E-state index contributed by atoms with van der Waals surface area (Å²) in [5.74, 6) is -0.109. The topological polar surface area (TPSA) is 41.4 Å². The Hall–Kier alpha value is -2.99. The number of halogens is 1. The first-order chi connectivity index (χ1) is 15.0. The molecule has 2 heterocycles. The molecule has 2 aromatic carbocycles. The van der Waals surface area contributed by atoms with Crippen molar-refractivity contribution in [2.24, 2.45) is 0 Å². The number of carbonyl (C=O) groups is 1. The molecule has 0 unspecified atom stereocenters. The molecule has 1 aliphatic heterocycles. The first kappa shape index (κ1) is 21.2. The van der Waals surface area contributed by atoms with Crippen LogP contribution in [0.25, 0.3) is 0 Å². The highest BCUT2D eigenvalue weighted by Crippen LogP contribution is 2.16. The van der Waals surface area contributed by atoms with E-state index in [9.17, 15) is 9.18 Å². The van der Waals surface area contributed by atoms with Crippen LogP contribution in [-0.4, -0.2) is 51.7 Å². The van der Waals surface area contributed by atoms with Crippen molar-refractivity contribution < 1.29 is 9.18 Å². The fourth-order valence-corrected chi connectivity index (χ4v) is 4.19. The molecule has 1 aromatic heterocycles. The average Bonchev–Trinajstić information content (AvgIpc) is 2.93. The van der Waals surface area contributed by atoms with Gasteiger partial charge in [0.1, 0.15) is 5.82 Å².